The van der Waals surface area contributed by atoms with Crippen LogP contribution in [0.2, 0.25) is 0 Å². The number of rotatable bonds is 6. The largest absolute Gasteiger partial charge is 0.350 e. The Kier molecular flexibility index (Phi) is 5.93. The topological polar surface area (TPSA) is 66.9 Å². The van der Waals surface area contributed by atoms with Gasteiger partial charge < -0.3 is 10.6 Å². The highest BCUT2D eigenvalue weighted by Gasteiger charge is 2.16. The monoisotopic (exact) mass is 382 g/mol. The van der Waals surface area contributed by atoms with Crippen molar-refractivity contribution in [1.29, 1.82) is 0 Å². The summed E-state index contributed by atoms with van der Waals surface area (Å²) in [6.45, 7) is 4.43. The second-order valence-electron chi connectivity index (χ2n) is 6.65. The Hall–Kier alpha value is -3.35. The lowest BCUT2D eigenvalue weighted by Crippen LogP contribution is -2.28. The number of carbonyl (C=O) groups is 1. The Morgan fingerprint density at radius 1 is 1.00 bits per heavy atom. The summed E-state index contributed by atoms with van der Waals surface area (Å²) in [5.74, 6) is -1.24. The third kappa shape index (κ3) is 4.68. The molecule has 28 heavy (non-hydrogen) atoms. The lowest BCUT2D eigenvalue weighted by molar-refractivity contribution is 0.0944. The average Bonchev–Trinajstić information content (AvgIpc) is 2.69. The minimum atomic E-state index is -0.759. The summed E-state index contributed by atoms with van der Waals surface area (Å²) in [5.41, 5.74) is 0.445. The molecule has 0 saturated heterocycles. The molecule has 144 valence electrons. The third-order valence-electron chi connectivity index (χ3n) is 3.88. The number of hydrogen-bond donors (Lipinski definition) is 2. The maximum atomic E-state index is 14.0. The molecule has 1 aromatic heterocycles. The van der Waals surface area contributed by atoms with Crippen LogP contribution in [-0.4, -0.2) is 22.4 Å². The van der Waals surface area contributed by atoms with Gasteiger partial charge in [-0.25, -0.2) is 18.7 Å². The summed E-state index contributed by atoms with van der Waals surface area (Å²) >= 11 is 0. The van der Waals surface area contributed by atoms with Crippen LogP contribution in [0, 0.1) is 17.6 Å². The molecule has 3 rings (SSSR count). The first kappa shape index (κ1) is 19.4. The molecule has 0 unspecified atom stereocenters. The van der Waals surface area contributed by atoms with E-state index in [4.69, 9.17) is 0 Å². The molecule has 1 heterocycles. The van der Waals surface area contributed by atoms with Gasteiger partial charge in [0, 0.05) is 18.2 Å². The van der Waals surface area contributed by atoms with Crippen LogP contribution in [0.15, 0.2) is 54.6 Å². The van der Waals surface area contributed by atoms with Gasteiger partial charge >= 0.3 is 0 Å². The highest BCUT2D eigenvalue weighted by atomic mass is 19.1. The molecule has 7 heteroatoms. The van der Waals surface area contributed by atoms with Crippen LogP contribution in [0.4, 0.5) is 20.3 Å². The van der Waals surface area contributed by atoms with E-state index >= 15 is 0 Å². The third-order valence-corrected chi connectivity index (χ3v) is 3.88. The number of nitrogens with one attached hydrogen (secondary N) is 2. The first-order chi connectivity index (χ1) is 13.4. The smallest absolute Gasteiger partial charge is 0.270 e. The number of carbonyl (C=O) groups excluding carboxylic acids is 1. The highest BCUT2D eigenvalue weighted by Crippen LogP contribution is 2.24. The Labute approximate surface area is 161 Å². The second-order valence-corrected chi connectivity index (χ2v) is 6.65. The fourth-order valence-corrected chi connectivity index (χ4v) is 2.48. The Morgan fingerprint density at radius 2 is 1.68 bits per heavy atom. The van der Waals surface area contributed by atoms with Gasteiger partial charge in [0.05, 0.1) is 0 Å². The van der Waals surface area contributed by atoms with E-state index in [1.54, 1.807) is 12.1 Å². The van der Waals surface area contributed by atoms with Crippen molar-refractivity contribution in [2.24, 2.45) is 5.92 Å². The van der Waals surface area contributed by atoms with Crippen molar-refractivity contribution in [2.45, 2.75) is 13.8 Å². The van der Waals surface area contributed by atoms with Crippen LogP contribution in [0.5, 0.6) is 0 Å². The van der Waals surface area contributed by atoms with Gasteiger partial charge in [-0.05, 0) is 18.1 Å². The first-order valence-corrected chi connectivity index (χ1v) is 8.88. The number of anilines is 2. The summed E-state index contributed by atoms with van der Waals surface area (Å²) in [6.07, 6.45) is 0. The second kappa shape index (κ2) is 8.56. The van der Waals surface area contributed by atoms with E-state index in [0.717, 1.165) is 12.1 Å². The SMILES string of the molecule is CC(C)CNC(=O)c1cc(Nc2c(F)cccc2F)nc(-c2ccccc2)n1. The molecule has 0 spiro atoms. The summed E-state index contributed by atoms with van der Waals surface area (Å²) in [6, 6.07) is 14.0. The molecule has 5 nitrogen and oxygen atoms in total. The molecule has 0 aliphatic rings. The van der Waals surface area contributed by atoms with Crippen LogP contribution in [-0.2, 0) is 0 Å². The lowest BCUT2D eigenvalue weighted by atomic mass is 10.2. The van der Waals surface area contributed by atoms with Gasteiger partial charge in [0.15, 0.2) is 5.82 Å². The standard InChI is InChI=1S/C21H20F2N4O/c1-13(2)12-24-21(28)17-11-18(26-19-15(22)9-6-10-16(19)23)27-20(25-17)14-7-4-3-5-8-14/h3-11,13H,12H2,1-2H3,(H,24,28)(H,25,26,27). The molecule has 0 atom stereocenters. The lowest BCUT2D eigenvalue weighted by Gasteiger charge is -2.12. The number of nitrogens with zero attached hydrogens (tertiary/aromatic N) is 2. The molecule has 0 bridgehead atoms. The van der Waals surface area contributed by atoms with E-state index < -0.39 is 11.6 Å². The van der Waals surface area contributed by atoms with Gasteiger partial charge in [-0.2, -0.15) is 0 Å². The Balaban J connectivity index is 2.01. The van der Waals surface area contributed by atoms with Crippen molar-refractivity contribution >= 4 is 17.4 Å². The zero-order chi connectivity index (χ0) is 20.1. The minimum absolute atomic E-state index is 0.105. The van der Waals surface area contributed by atoms with Gasteiger partial charge in [-0.15, -0.1) is 0 Å². The van der Waals surface area contributed by atoms with Crippen molar-refractivity contribution in [3.63, 3.8) is 0 Å². The molecular weight excluding hydrogens is 362 g/mol. The van der Waals surface area contributed by atoms with Crippen molar-refractivity contribution in [3.8, 4) is 11.4 Å². The zero-order valence-electron chi connectivity index (χ0n) is 15.5. The predicted molar refractivity (Wildman–Crippen MR) is 104 cm³/mol. The van der Waals surface area contributed by atoms with Crippen LogP contribution in [0.25, 0.3) is 11.4 Å². The molecule has 0 fully saturated rings. The number of aromatic nitrogens is 2. The van der Waals surface area contributed by atoms with Gasteiger partial charge in [0.2, 0.25) is 0 Å². The number of amides is 1. The Bertz CT molecular complexity index is 957. The summed E-state index contributed by atoms with van der Waals surface area (Å²) < 4.78 is 28.0. The van der Waals surface area contributed by atoms with Crippen molar-refractivity contribution in [2.75, 3.05) is 11.9 Å². The van der Waals surface area contributed by atoms with E-state index in [2.05, 4.69) is 20.6 Å². The maximum absolute atomic E-state index is 14.0. The fraction of sp³-hybridized carbons (Fsp3) is 0.190. The molecular formula is C21H20F2N4O. The molecule has 0 radical (unpaired) electrons. The van der Waals surface area contributed by atoms with Crippen LogP contribution >= 0.6 is 0 Å². The highest BCUT2D eigenvalue weighted by molar-refractivity contribution is 5.93. The number of halogens is 2. The number of hydrogen-bond acceptors (Lipinski definition) is 4. The normalized spacial score (nSPS) is 10.8. The Morgan fingerprint density at radius 3 is 2.32 bits per heavy atom. The van der Waals surface area contributed by atoms with Crippen LogP contribution in [0.3, 0.4) is 0 Å². The van der Waals surface area contributed by atoms with Gasteiger partial charge in [-0.3, -0.25) is 4.79 Å². The summed E-state index contributed by atoms with van der Waals surface area (Å²) in [4.78, 5) is 21.1. The number of benzene rings is 2. The van der Waals surface area contributed by atoms with E-state index in [1.807, 2.05) is 32.0 Å². The van der Waals surface area contributed by atoms with Crippen LogP contribution < -0.4 is 10.6 Å². The van der Waals surface area contributed by atoms with E-state index in [0.29, 0.717) is 12.1 Å². The minimum Gasteiger partial charge on any atom is -0.350 e. The van der Waals surface area contributed by atoms with Crippen molar-refractivity contribution in [1.82, 2.24) is 15.3 Å². The van der Waals surface area contributed by atoms with Crippen molar-refractivity contribution in [3.05, 3.63) is 71.9 Å². The maximum Gasteiger partial charge on any atom is 0.270 e. The fourth-order valence-electron chi connectivity index (χ4n) is 2.48. The molecule has 3 aromatic rings. The van der Waals surface area contributed by atoms with E-state index in [9.17, 15) is 13.6 Å². The van der Waals surface area contributed by atoms with E-state index in [1.165, 1.54) is 12.1 Å². The summed E-state index contributed by atoms with van der Waals surface area (Å²) in [7, 11) is 0. The van der Waals surface area contributed by atoms with Crippen LogP contribution in [0.1, 0.15) is 24.3 Å². The van der Waals surface area contributed by atoms with E-state index in [-0.39, 0.29) is 34.8 Å². The molecule has 0 aliphatic heterocycles. The van der Waals surface area contributed by atoms with Gasteiger partial charge in [0.1, 0.15) is 28.8 Å². The molecule has 2 N–H and O–H groups in total. The molecule has 1 amide bonds. The molecule has 0 saturated carbocycles. The summed E-state index contributed by atoms with van der Waals surface area (Å²) in [5, 5.41) is 5.42. The van der Waals surface area contributed by atoms with Gasteiger partial charge in [-0.1, -0.05) is 50.2 Å². The average molecular weight is 382 g/mol. The quantitative estimate of drug-likeness (QED) is 0.656. The van der Waals surface area contributed by atoms with Crippen molar-refractivity contribution < 1.29 is 13.6 Å². The zero-order valence-corrected chi connectivity index (χ0v) is 15.5. The predicted octanol–water partition coefficient (Wildman–Crippen LogP) is 4.55. The molecule has 0 aliphatic carbocycles. The molecule has 2 aromatic carbocycles. The number of para-hydroxylation sites is 1. The van der Waals surface area contributed by atoms with Gasteiger partial charge in [0.25, 0.3) is 5.91 Å². The first-order valence-electron chi connectivity index (χ1n) is 8.88.